The maximum atomic E-state index is 11.3. The highest BCUT2D eigenvalue weighted by Gasteiger charge is 2.16. The van der Waals surface area contributed by atoms with E-state index in [0.717, 1.165) is 11.6 Å². The van der Waals surface area contributed by atoms with Crippen molar-refractivity contribution in [1.82, 2.24) is 0 Å². The molecule has 0 aliphatic rings. The summed E-state index contributed by atoms with van der Waals surface area (Å²) in [4.78, 5) is 13.2. The van der Waals surface area contributed by atoms with Crippen molar-refractivity contribution in [3.8, 4) is 0 Å². The van der Waals surface area contributed by atoms with Crippen LogP contribution in [-0.4, -0.2) is 14.5 Å². The van der Waals surface area contributed by atoms with Crippen molar-refractivity contribution in [3.63, 3.8) is 0 Å². The molecule has 0 heterocycles. The number of rotatable bonds is 4. The van der Waals surface area contributed by atoms with Crippen molar-refractivity contribution < 1.29 is 22.5 Å². The number of hydrogen-bond acceptors (Lipinski definition) is 6. The van der Waals surface area contributed by atoms with E-state index in [0.29, 0.717) is 0 Å². The Balaban J connectivity index is 2.86. The van der Waals surface area contributed by atoms with E-state index in [9.17, 15) is 13.2 Å². The highest BCUT2D eigenvalue weighted by atomic mass is 32.2. The van der Waals surface area contributed by atoms with Crippen LogP contribution in [0, 0.1) is 6.92 Å². The Hall–Kier alpha value is -1.69. The first-order chi connectivity index (χ1) is 7.06. The van der Waals surface area contributed by atoms with Gasteiger partial charge in [0.05, 0.1) is 4.90 Å². The molecular formula is C8H7NO5S. The third-order valence-electron chi connectivity index (χ3n) is 1.50. The lowest BCUT2D eigenvalue weighted by molar-refractivity contribution is -0.201. The molecule has 0 fully saturated rings. The summed E-state index contributed by atoms with van der Waals surface area (Å²) >= 11 is 0. The zero-order valence-corrected chi connectivity index (χ0v) is 8.52. The number of hydrogen-bond donors (Lipinski definition) is 0. The predicted molar refractivity (Wildman–Crippen MR) is 48.7 cm³/mol. The molecule has 0 aliphatic carbocycles. The van der Waals surface area contributed by atoms with Crippen molar-refractivity contribution in [2.45, 2.75) is 11.8 Å². The topological polar surface area (TPSA) is 82.0 Å². The Kier molecular flexibility index (Phi) is 3.56. The third-order valence-corrected chi connectivity index (χ3v) is 2.59. The van der Waals surface area contributed by atoms with Gasteiger partial charge in [-0.05, 0) is 23.4 Å². The van der Waals surface area contributed by atoms with Crippen molar-refractivity contribution in [2.24, 2.45) is 5.16 Å². The van der Waals surface area contributed by atoms with Gasteiger partial charge >= 0.3 is 10.1 Å². The summed E-state index contributed by atoms with van der Waals surface area (Å²) in [6.07, 6.45) is 0.964. The second kappa shape index (κ2) is 4.70. The fourth-order valence-electron chi connectivity index (χ4n) is 0.815. The largest absolute Gasteiger partial charge is 0.334 e. The van der Waals surface area contributed by atoms with Gasteiger partial charge in [0, 0.05) is 5.16 Å². The number of carbonyl (C=O) groups excluding carboxylic acids is 1. The van der Waals surface area contributed by atoms with E-state index in [4.69, 9.17) is 0 Å². The summed E-state index contributed by atoms with van der Waals surface area (Å²) in [5.74, 6) is 0. The molecule has 0 N–H and O–H groups in total. The van der Waals surface area contributed by atoms with E-state index in [1.165, 1.54) is 12.1 Å². The fourth-order valence-corrected chi connectivity index (χ4v) is 1.47. The smallest absolute Gasteiger partial charge is 0.208 e. The summed E-state index contributed by atoms with van der Waals surface area (Å²) < 4.78 is 26.5. The Labute approximate surface area is 86.2 Å². The van der Waals surface area contributed by atoms with Crippen LogP contribution in [0.3, 0.4) is 0 Å². The minimum atomic E-state index is -4.04. The van der Waals surface area contributed by atoms with Crippen LogP contribution < -0.4 is 0 Å². The summed E-state index contributed by atoms with van der Waals surface area (Å²) in [5.41, 5.74) is 0.904. The molecular weight excluding hydrogens is 222 g/mol. The van der Waals surface area contributed by atoms with E-state index >= 15 is 0 Å². The van der Waals surface area contributed by atoms with Crippen LogP contribution in [0.2, 0.25) is 0 Å². The lowest BCUT2D eigenvalue weighted by Crippen LogP contribution is -2.04. The third kappa shape index (κ3) is 3.17. The summed E-state index contributed by atoms with van der Waals surface area (Å²) in [5, 5.41) is 2.49. The molecule has 0 saturated heterocycles. The standard InChI is InChI=1S/C8H7NO5S/c1-7-2-4-8(5-3-7)15(11,12)14-13-9-6-10/h2-5H,1H3. The second-order valence-corrected chi connectivity index (χ2v) is 4.11. The van der Waals surface area contributed by atoms with Gasteiger partial charge in [0.15, 0.2) is 0 Å². The minimum absolute atomic E-state index is 0.0887. The Morgan fingerprint density at radius 3 is 2.40 bits per heavy atom. The molecule has 1 aromatic carbocycles. The Morgan fingerprint density at radius 1 is 1.27 bits per heavy atom. The molecule has 0 amide bonds. The monoisotopic (exact) mass is 229 g/mol. The van der Waals surface area contributed by atoms with Gasteiger partial charge in [-0.25, -0.2) is 4.79 Å². The molecule has 0 aliphatic heterocycles. The SMILES string of the molecule is Cc1ccc(S(=O)(=O)OON=C=O)cc1. The molecule has 1 rings (SSSR count). The normalized spacial score (nSPS) is 10.5. The second-order valence-electron chi connectivity index (χ2n) is 2.59. The van der Waals surface area contributed by atoms with Gasteiger partial charge in [-0.2, -0.15) is 13.4 Å². The van der Waals surface area contributed by atoms with E-state index in [1.54, 1.807) is 12.1 Å². The first-order valence-corrected chi connectivity index (χ1v) is 5.21. The minimum Gasteiger partial charge on any atom is -0.208 e. The van der Waals surface area contributed by atoms with E-state index < -0.39 is 10.1 Å². The van der Waals surface area contributed by atoms with Crippen molar-refractivity contribution >= 4 is 16.2 Å². The molecule has 7 heteroatoms. The predicted octanol–water partition coefficient (Wildman–Crippen LogP) is 0.883. The van der Waals surface area contributed by atoms with Gasteiger partial charge in [0.25, 0.3) is 6.08 Å². The highest BCUT2D eigenvalue weighted by Crippen LogP contribution is 2.13. The van der Waals surface area contributed by atoms with Crippen LogP contribution in [0.4, 0.5) is 0 Å². The van der Waals surface area contributed by atoms with Gasteiger partial charge in [-0.15, -0.1) is 0 Å². The summed E-state index contributed by atoms with van der Waals surface area (Å²) in [7, 11) is -4.04. The molecule has 6 nitrogen and oxygen atoms in total. The number of aryl methyl sites for hydroxylation is 1. The van der Waals surface area contributed by atoms with Crippen LogP contribution in [0.5, 0.6) is 0 Å². The molecule has 0 atom stereocenters. The van der Waals surface area contributed by atoms with Gasteiger partial charge in [-0.1, -0.05) is 17.7 Å². The molecule has 0 saturated carbocycles. The van der Waals surface area contributed by atoms with E-state index in [-0.39, 0.29) is 4.90 Å². The van der Waals surface area contributed by atoms with Crippen molar-refractivity contribution in [2.75, 3.05) is 0 Å². The van der Waals surface area contributed by atoms with Crippen molar-refractivity contribution in [1.29, 1.82) is 0 Å². The van der Waals surface area contributed by atoms with Crippen LogP contribution >= 0.6 is 0 Å². The summed E-state index contributed by atoms with van der Waals surface area (Å²) in [6.45, 7) is 1.81. The van der Waals surface area contributed by atoms with E-state index in [2.05, 4.69) is 14.5 Å². The fraction of sp³-hybridized carbons (Fsp3) is 0.125. The lowest BCUT2D eigenvalue weighted by Gasteiger charge is -2.00. The number of isocyanates is 1. The Bertz CT molecular complexity index is 472. The van der Waals surface area contributed by atoms with E-state index in [1.807, 2.05) is 6.92 Å². The quantitative estimate of drug-likeness (QED) is 0.331. The van der Waals surface area contributed by atoms with Crippen LogP contribution in [0.15, 0.2) is 34.3 Å². The highest BCUT2D eigenvalue weighted by molar-refractivity contribution is 7.86. The Morgan fingerprint density at radius 2 is 1.87 bits per heavy atom. The van der Waals surface area contributed by atoms with Gasteiger partial charge in [0.1, 0.15) is 0 Å². The molecule has 0 unspecified atom stereocenters. The molecule has 80 valence electrons. The van der Waals surface area contributed by atoms with Gasteiger partial charge < -0.3 is 0 Å². The average molecular weight is 229 g/mol. The van der Waals surface area contributed by atoms with Crippen molar-refractivity contribution in [3.05, 3.63) is 29.8 Å². The zero-order chi connectivity index (χ0) is 11.3. The molecule has 1 aromatic rings. The zero-order valence-electron chi connectivity index (χ0n) is 7.71. The van der Waals surface area contributed by atoms with Gasteiger partial charge in [0.2, 0.25) is 0 Å². The molecule has 15 heavy (non-hydrogen) atoms. The first-order valence-electron chi connectivity index (χ1n) is 3.80. The van der Waals surface area contributed by atoms with Crippen LogP contribution in [0.25, 0.3) is 0 Å². The molecule has 0 bridgehead atoms. The first kappa shape index (κ1) is 11.4. The molecule has 0 aromatic heterocycles. The maximum Gasteiger partial charge on any atom is 0.334 e. The molecule has 0 radical (unpaired) electrons. The summed E-state index contributed by atoms with van der Waals surface area (Å²) in [6, 6.07) is 5.88. The number of nitrogens with zero attached hydrogens (tertiary/aromatic N) is 1. The van der Waals surface area contributed by atoms with Crippen LogP contribution in [-0.2, 0) is 24.2 Å². The molecule has 0 spiro atoms. The number of benzene rings is 1. The van der Waals surface area contributed by atoms with Crippen LogP contribution in [0.1, 0.15) is 5.56 Å². The van der Waals surface area contributed by atoms with Gasteiger partial charge in [-0.3, -0.25) is 0 Å². The maximum absolute atomic E-state index is 11.3. The lowest BCUT2D eigenvalue weighted by atomic mass is 10.2. The average Bonchev–Trinajstić information content (AvgIpc) is 2.18.